The first kappa shape index (κ1) is 8.53. The van der Waals surface area contributed by atoms with E-state index < -0.39 is 0 Å². The van der Waals surface area contributed by atoms with Crippen molar-refractivity contribution < 1.29 is 4.79 Å². The lowest BCUT2D eigenvalue weighted by Crippen LogP contribution is -2.39. The highest BCUT2D eigenvalue weighted by Crippen LogP contribution is 2.14. The van der Waals surface area contributed by atoms with Crippen molar-refractivity contribution in [3.8, 4) is 0 Å². The molecule has 11 heavy (non-hydrogen) atoms. The predicted octanol–water partition coefficient (Wildman–Crippen LogP) is 0.0178. The van der Waals surface area contributed by atoms with Crippen LogP contribution >= 0.6 is 0 Å². The van der Waals surface area contributed by atoms with Crippen LogP contribution in [0.2, 0.25) is 0 Å². The summed E-state index contributed by atoms with van der Waals surface area (Å²) in [6, 6.07) is 0. The molecule has 0 bridgehead atoms. The molecule has 1 heterocycles. The summed E-state index contributed by atoms with van der Waals surface area (Å²) in [5.74, 6) is 0.339. The van der Waals surface area contributed by atoms with Gasteiger partial charge in [-0.2, -0.15) is 0 Å². The van der Waals surface area contributed by atoms with Crippen molar-refractivity contribution in [3.05, 3.63) is 6.92 Å². The van der Waals surface area contributed by atoms with E-state index in [1.807, 2.05) is 0 Å². The molecule has 0 atom stereocenters. The second-order valence-corrected chi connectivity index (χ2v) is 3.19. The molecule has 0 aromatic heterocycles. The largest absolute Gasteiger partial charge is 0.369 e. The molecule has 0 saturated carbocycles. The van der Waals surface area contributed by atoms with Gasteiger partial charge < -0.3 is 5.73 Å². The van der Waals surface area contributed by atoms with Crippen molar-refractivity contribution in [1.82, 2.24) is 4.90 Å². The fourth-order valence-electron chi connectivity index (χ4n) is 1.36. The van der Waals surface area contributed by atoms with Crippen molar-refractivity contribution in [2.45, 2.75) is 12.8 Å². The second-order valence-electron chi connectivity index (χ2n) is 3.19. The van der Waals surface area contributed by atoms with Crippen molar-refractivity contribution in [2.75, 3.05) is 19.6 Å². The number of nitrogens with zero attached hydrogens (tertiary/aromatic N) is 1. The van der Waals surface area contributed by atoms with E-state index in [9.17, 15) is 4.79 Å². The molecule has 3 heteroatoms. The number of rotatable bonds is 2. The predicted molar refractivity (Wildman–Crippen MR) is 43.7 cm³/mol. The smallest absolute Gasteiger partial charge is 0.231 e. The van der Waals surface area contributed by atoms with Gasteiger partial charge in [-0.15, -0.1) is 0 Å². The fraction of sp³-hybridized carbons (Fsp3) is 0.750. The monoisotopic (exact) mass is 155 g/mol. The van der Waals surface area contributed by atoms with Crippen molar-refractivity contribution in [3.63, 3.8) is 0 Å². The van der Waals surface area contributed by atoms with Gasteiger partial charge in [0.2, 0.25) is 5.91 Å². The van der Waals surface area contributed by atoms with E-state index >= 15 is 0 Å². The SMILES string of the molecule is [CH2]C1CCN(CC(N)=O)CC1. The molecule has 1 saturated heterocycles. The number of likely N-dealkylation sites (tertiary alicyclic amines) is 1. The van der Waals surface area contributed by atoms with Crippen LogP contribution < -0.4 is 5.73 Å². The van der Waals surface area contributed by atoms with E-state index in [1.165, 1.54) is 0 Å². The lowest BCUT2D eigenvalue weighted by atomic mass is 9.99. The van der Waals surface area contributed by atoms with Gasteiger partial charge in [0.15, 0.2) is 0 Å². The third-order valence-electron chi connectivity index (χ3n) is 2.09. The van der Waals surface area contributed by atoms with E-state index in [1.54, 1.807) is 0 Å². The highest BCUT2D eigenvalue weighted by molar-refractivity contribution is 5.75. The third-order valence-corrected chi connectivity index (χ3v) is 2.09. The molecule has 1 aliphatic rings. The first-order chi connectivity index (χ1) is 5.18. The minimum absolute atomic E-state index is 0.229. The Kier molecular flexibility index (Phi) is 2.88. The molecule has 0 aromatic carbocycles. The number of hydrogen-bond acceptors (Lipinski definition) is 2. The highest BCUT2D eigenvalue weighted by atomic mass is 16.1. The fourth-order valence-corrected chi connectivity index (χ4v) is 1.36. The molecule has 1 amide bonds. The van der Waals surface area contributed by atoms with Crippen LogP contribution in [0.5, 0.6) is 0 Å². The van der Waals surface area contributed by atoms with E-state index in [2.05, 4.69) is 11.8 Å². The van der Waals surface area contributed by atoms with Crippen molar-refractivity contribution >= 4 is 5.91 Å². The second kappa shape index (κ2) is 3.72. The zero-order valence-electron chi connectivity index (χ0n) is 6.75. The van der Waals surface area contributed by atoms with Gasteiger partial charge in [-0.3, -0.25) is 9.69 Å². The van der Waals surface area contributed by atoms with E-state index in [-0.39, 0.29) is 5.91 Å². The number of nitrogens with two attached hydrogens (primary N) is 1. The molecule has 0 unspecified atom stereocenters. The summed E-state index contributed by atoms with van der Waals surface area (Å²) < 4.78 is 0. The Morgan fingerprint density at radius 1 is 1.55 bits per heavy atom. The first-order valence-corrected chi connectivity index (χ1v) is 4.02. The summed E-state index contributed by atoms with van der Waals surface area (Å²) in [5.41, 5.74) is 5.06. The van der Waals surface area contributed by atoms with Crippen LogP contribution in [0.25, 0.3) is 0 Å². The van der Waals surface area contributed by atoms with Crippen molar-refractivity contribution in [1.29, 1.82) is 0 Å². The van der Waals surface area contributed by atoms with Gasteiger partial charge in [0, 0.05) is 0 Å². The molecule has 63 valence electrons. The average Bonchev–Trinajstić information content (AvgIpc) is 1.93. The topological polar surface area (TPSA) is 46.3 Å². The standard InChI is InChI=1S/C8H15N2O/c1-7-2-4-10(5-3-7)6-8(9)11/h7H,1-6H2,(H2,9,11). The Morgan fingerprint density at radius 2 is 2.09 bits per heavy atom. The minimum atomic E-state index is -0.229. The quantitative estimate of drug-likeness (QED) is 0.611. The van der Waals surface area contributed by atoms with Crippen LogP contribution in [0.1, 0.15) is 12.8 Å². The van der Waals surface area contributed by atoms with Gasteiger partial charge in [0.05, 0.1) is 6.54 Å². The Balaban J connectivity index is 2.22. The molecule has 0 spiro atoms. The van der Waals surface area contributed by atoms with E-state index in [4.69, 9.17) is 5.73 Å². The van der Waals surface area contributed by atoms with Gasteiger partial charge in [0.1, 0.15) is 0 Å². The van der Waals surface area contributed by atoms with Crippen LogP contribution in [-0.4, -0.2) is 30.4 Å². The first-order valence-electron chi connectivity index (χ1n) is 4.02. The molecule has 2 N–H and O–H groups in total. The normalized spacial score (nSPS) is 21.9. The van der Waals surface area contributed by atoms with Gasteiger partial charge in [-0.05, 0) is 31.8 Å². The number of piperidine rings is 1. The third kappa shape index (κ3) is 2.89. The summed E-state index contributed by atoms with van der Waals surface area (Å²) in [4.78, 5) is 12.6. The summed E-state index contributed by atoms with van der Waals surface area (Å²) in [5, 5.41) is 0. The number of carbonyl (C=O) groups excluding carboxylic acids is 1. The molecule has 1 radical (unpaired) electrons. The Bertz CT molecular complexity index is 139. The van der Waals surface area contributed by atoms with Gasteiger partial charge in [-0.1, -0.05) is 6.92 Å². The summed E-state index contributed by atoms with van der Waals surface area (Å²) in [6.07, 6.45) is 2.18. The molecular weight excluding hydrogens is 140 g/mol. The zero-order chi connectivity index (χ0) is 8.27. The number of hydrogen-bond donors (Lipinski definition) is 1. The van der Waals surface area contributed by atoms with Gasteiger partial charge >= 0.3 is 0 Å². The molecule has 1 fully saturated rings. The van der Waals surface area contributed by atoms with Crippen molar-refractivity contribution in [2.24, 2.45) is 11.7 Å². The van der Waals surface area contributed by atoms with Crippen LogP contribution in [0.4, 0.5) is 0 Å². The summed E-state index contributed by atoms with van der Waals surface area (Å²) in [6.45, 7) is 6.32. The molecular formula is C8H15N2O. The van der Waals surface area contributed by atoms with Crippen LogP contribution in [0.15, 0.2) is 0 Å². The van der Waals surface area contributed by atoms with E-state index in [0.717, 1.165) is 25.9 Å². The van der Waals surface area contributed by atoms with Crippen LogP contribution in [0, 0.1) is 12.8 Å². The van der Waals surface area contributed by atoms with Crippen LogP contribution in [0.3, 0.4) is 0 Å². The maximum atomic E-state index is 10.5. The Morgan fingerprint density at radius 3 is 2.55 bits per heavy atom. The summed E-state index contributed by atoms with van der Waals surface area (Å²) >= 11 is 0. The van der Waals surface area contributed by atoms with Gasteiger partial charge in [0.25, 0.3) is 0 Å². The summed E-state index contributed by atoms with van der Waals surface area (Å²) in [7, 11) is 0. The highest BCUT2D eigenvalue weighted by Gasteiger charge is 2.16. The number of amides is 1. The minimum Gasteiger partial charge on any atom is -0.369 e. The number of carbonyl (C=O) groups is 1. The molecule has 1 aliphatic heterocycles. The Hall–Kier alpha value is -0.570. The maximum absolute atomic E-state index is 10.5. The molecule has 0 aliphatic carbocycles. The lowest BCUT2D eigenvalue weighted by Gasteiger charge is -2.28. The zero-order valence-corrected chi connectivity index (χ0v) is 6.75. The molecule has 3 nitrogen and oxygen atoms in total. The maximum Gasteiger partial charge on any atom is 0.231 e. The van der Waals surface area contributed by atoms with Gasteiger partial charge in [-0.25, -0.2) is 0 Å². The molecule has 1 rings (SSSR count). The number of primary amides is 1. The molecule has 0 aromatic rings. The van der Waals surface area contributed by atoms with E-state index in [0.29, 0.717) is 12.5 Å². The lowest BCUT2D eigenvalue weighted by molar-refractivity contribution is -0.119. The average molecular weight is 155 g/mol. The van der Waals surface area contributed by atoms with Crippen LogP contribution in [-0.2, 0) is 4.79 Å². The Labute approximate surface area is 67.5 Å².